The summed E-state index contributed by atoms with van der Waals surface area (Å²) in [6.07, 6.45) is 5.08. The Hall–Kier alpha value is -1.66. The molecule has 0 aromatic carbocycles. The summed E-state index contributed by atoms with van der Waals surface area (Å²) in [4.78, 5) is 13.8. The van der Waals surface area contributed by atoms with Gasteiger partial charge in [-0.2, -0.15) is 0 Å². The lowest BCUT2D eigenvalue weighted by atomic mass is 9.87. The van der Waals surface area contributed by atoms with Gasteiger partial charge in [-0.25, -0.2) is 9.97 Å². The van der Waals surface area contributed by atoms with Gasteiger partial charge in [0.1, 0.15) is 5.82 Å². The molecule has 0 spiro atoms. The number of ether oxygens (including phenoxy) is 1. The number of piperazine rings is 1. The molecular formula is C17H19BrN4O. The molecule has 2 unspecified atom stereocenters. The van der Waals surface area contributed by atoms with Crippen molar-refractivity contribution < 1.29 is 4.74 Å². The van der Waals surface area contributed by atoms with E-state index in [2.05, 4.69) is 53.9 Å². The van der Waals surface area contributed by atoms with E-state index in [4.69, 9.17) is 4.74 Å². The maximum atomic E-state index is 5.12. The van der Waals surface area contributed by atoms with E-state index in [1.165, 1.54) is 12.0 Å². The number of aromatic nitrogens is 2. The zero-order chi connectivity index (χ0) is 15.8. The maximum Gasteiger partial charge on any atom is 0.212 e. The monoisotopic (exact) mass is 374 g/mol. The van der Waals surface area contributed by atoms with E-state index in [-0.39, 0.29) is 0 Å². The van der Waals surface area contributed by atoms with Crippen molar-refractivity contribution in [2.45, 2.75) is 25.0 Å². The van der Waals surface area contributed by atoms with E-state index in [0.717, 1.165) is 29.9 Å². The molecule has 0 saturated carbocycles. The standard InChI is InChI=1S/C17H19BrN4O/c1-23-17-5-2-12(7-20-17)9-22-14-6-15(22)11-21(10-14)16-4-3-13(18)8-19-16/h2-5,7-8,14-15H,6,9-11H2,1H3. The van der Waals surface area contributed by atoms with E-state index >= 15 is 0 Å². The molecule has 2 aromatic heterocycles. The third-order valence-corrected chi connectivity index (χ3v) is 5.22. The van der Waals surface area contributed by atoms with E-state index in [1.807, 2.05) is 18.5 Å². The number of methoxy groups -OCH3 is 1. The van der Waals surface area contributed by atoms with E-state index in [0.29, 0.717) is 18.0 Å². The van der Waals surface area contributed by atoms with Crippen LogP contribution in [0.2, 0.25) is 0 Å². The molecule has 0 N–H and O–H groups in total. The Morgan fingerprint density at radius 1 is 1.13 bits per heavy atom. The van der Waals surface area contributed by atoms with Gasteiger partial charge in [0, 0.05) is 54.7 Å². The molecule has 3 aliphatic rings. The molecule has 5 rings (SSSR count). The first-order chi connectivity index (χ1) is 11.2. The number of pyridine rings is 2. The van der Waals surface area contributed by atoms with Crippen molar-refractivity contribution in [3.8, 4) is 5.88 Å². The highest BCUT2D eigenvalue weighted by Crippen LogP contribution is 2.35. The van der Waals surface area contributed by atoms with Gasteiger partial charge in [0.15, 0.2) is 0 Å². The van der Waals surface area contributed by atoms with Crippen molar-refractivity contribution >= 4 is 21.7 Å². The molecule has 2 bridgehead atoms. The highest BCUT2D eigenvalue weighted by molar-refractivity contribution is 9.10. The van der Waals surface area contributed by atoms with Crippen molar-refractivity contribution in [3.63, 3.8) is 0 Å². The van der Waals surface area contributed by atoms with Crippen LogP contribution in [0.4, 0.5) is 5.82 Å². The van der Waals surface area contributed by atoms with Gasteiger partial charge in [0.2, 0.25) is 5.88 Å². The normalized spacial score (nSPS) is 23.5. The van der Waals surface area contributed by atoms with Crippen LogP contribution in [-0.4, -0.2) is 47.2 Å². The number of hydrogen-bond donors (Lipinski definition) is 0. The van der Waals surface area contributed by atoms with Crippen LogP contribution in [0.5, 0.6) is 5.88 Å². The Bertz CT molecular complexity index is 664. The fourth-order valence-electron chi connectivity index (χ4n) is 3.52. The van der Waals surface area contributed by atoms with Gasteiger partial charge >= 0.3 is 0 Å². The minimum Gasteiger partial charge on any atom is -0.481 e. The van der Waals surface area contributed by atoms with Crippen molar-refractivity contribution in [1.82, 2.24) is 14.9 Å². The average molecular weight is 375 g/mol. The molecular weight excluding hydrogens is 356 g/mol. The Balaban J connectivity index is 1.40. The van der Waals surface area contributed by atoms with Crippen LogP contribution in [0.25, 0.3) is 0 Å². The van der Waals surface area contributed by atoms with Gasteiger partial charge in [-0.05, 0) is 40.0 Å². The lowest BCUT2D eigenvalue weighted by Gasteiger charge is -2.56. The molecule has 6 heteroatoms. The Labute approximate surface area is 144 Å². The summed E-state index contributed by atoms with van der Waals surface area (Å²) in [5.41, 5.74) is 1.25. The Morgan fingerprint density at radius 2 is 1.96 bits per heavy atom. The second kappa shape index (κ2) is 6.09. The molecule has 0 amide bonds. The van der Waals surface area contributed by atoms with Crippen LogP contribution in [0.15, 0.2) is 41.1 Å². The molecule has 2 atom stereocenters. The van der Waals surface area contributed by atoms with Gasteiger partial charge in [0.05, 0.1) is 7.11 Å². The molecule has 0 radical (unpaired) electrons. The minimum atomic E-state index is 0.612. The zero-order valence-corrected chi connectivity index (χ0v) is 14.6. The fraction of sp³-hybridized carbons (Fsp3) is 0.412. The quantitative estimate of drug-likeness (QED) is 0.822. The largest absolute Gasteiger partial charge is 0.481 e. The van der Waals surface area contributed by atoms with Crippen LogP contribution in [0.3, 0.4) is 0 Å². The molecule has 5 nitrogen and oxygen atoms in total. The number of rotatable bonds is 4. The summed E-state index contributed by atoms with van der Waals surface area (Å²) in [6.45, 7) is 3.07. The number of hydrogen-bond acceptors (Lipinski definition) is 5. The van der Waals surface area contributed by atoms with Crippen molar-refractivity contribution in [1.29, 1.82) is 0 Å². The summed E-state index contributed by atoms with van der Waals surface area (Å²) in [6, 6.07) is 9.41. The first kappa shape index (κ1) is 14.9. The number of piperidine rings is 1. The molecule has 23 heavy (non-hydrogen) atoms. The van der Waals surface area contributed by atoms with Crippen molar-refractivity contribution in [2.75, 3.05) is 25.1 Å². The van der Waals surface area contributed by atoms with Crippen LogP contribution < -0.4 is 9.64 Å². The summed E-state index contributed by atoms with van der Waals surface area (Å²) >= 11 is 3.44. The minimum absolute atomic E-state index is 0.612. The number of anilines is 1. The molecule has 0 aliphatic carbocycles. The van der Waals surface area contributed by atoms with Gasteiger partial charge in [-0.15, -0.1) is 0 Å². The first-order valence-electron chi connectivity index (χ1n) is 7.84. The predicted molar refractivity (Wildman–Crippen MR) is 92.7 cm³/mol. The Morgan fingerprint density at radius 3 is 2.57 bits per heavy atom. The SMILES string of the molecule is COc1ccc(CN2C3CC2CN(c2ccc(Br)cn2)C3)cn1. The van der Waals surface area contributed by atoms with Crippen LogP contribution in [-0.2, 0) is 6.54 Å². The highest BCUT2D eigenvalue weighted by Gasteiger charge is 2.44. The van der Waals surface area contributed by atoms with E-state index in [9.17, 15) is 0 Å². The smallest absolute Gasteiger partial charge is 0.212 e. The third kappa shape index (κ3) is 2.93. The lowest BCUT2D eigenvalue weighted by Crippen LogP contribution is -2.68. The van der Waals surface area contributed by atoms with E-state index < -0.39 is 0 Å². The summed E-state index contributed by atoms with van der Waals surface area (Å²) in [5.74, 6) is 1.75. The van der Waals surface area contributed by atoms with Crippen LogP contribution in [0.1, 0.15) is 12.0 Å². The maximum absolute atomic E-state index is 5.12. The molecule has 5 heterocycles. The first-order valence-corrected chi connectivity index (χ1v) is 8.63. The Kier molecular flexibility index (Phi) is 3.95. The fourth-order valence-corrected chi connectivity index (χ4v) is 3.76. The number of nitrogens with zero attached hydrogens (tertiary/aromatic N) is 4. The third-order valence-electron chi connectivity index (χ3n) is 4.75. The zero-order valence-electron chi connectivity index (χ0n) is 13.0. The second-order valence-corrected chi connectivity index (χ2v) is 7.08. The average Bonchev–Trinajstić information content (AvgIpc) is 2.61. The molecule has 3 saturated heterocycles. The molecule has 3 aliphatic heterocycles. The summed E-state index contributed by atoms with van der Waals surface area (Å²) < 4.78 is 6.14. The van der Waals surface area contributed by atoms with Crippen LogP contribution in [0, 0.1) is 0 Å². The number of fused-ring (bicyclic) bond motifs is 2. The molecule has 2 aromatic rings. The predicted octanol–water partition coefficient (Wildman–Crippen LogP) is 2.71. The van der Waals surface area contributed by atoms with Gasteiger partial charge in [-0.1, -0.05) is 6.07 Å². The second-order valence-electron chi connectivity index (χ2n) is 6.16. The van der Waals surface area contributed by atoms with Gasteiger partial charge < -0.3 is 9.64 Å². The molecule has 120 valence electrons. The topological polar surface area (TPSA) is 41.5 Å². The summed E-state index contributed by atoms with van der Waals surface area (Å²) in [5, 5.41) is 0. The number of halogens is 1. The highest BCUT2D eigenvalue weighted by atomic mass is 79.9. The molecule has 3 fully saturated rings. The van der Waals surface area contributed by atoms with Gasteiger partial charge in [0.25, 0.3) is 0 Å². The summed E-state index contributed by atoms with van der Waals surface area (Å²) in [7, 11) is 1.65. The van der Waals surface area contributed by atoms with E-state index in [1.54, 1.807) is 7.11 Å². The van der Waals surface area contributed by atoms with Crippen molar-refractivity contribution in [2.24, 2.45) is 0 Å². The van der Waals surface area contributed by atoms with Gasteiger partial charge in [-0.3, -0.25) is 4.90 Å². The van der Waals surface area contributed by atoms with Crippen LogP contribution >= 0.6 is 15.9 Å². The van der Waals surface area contributed by atoms with Crippen molar-refractivity contribution in [3.05, 3.63) is 46.7 Å². The lowest BCUT2D eigenvalue weighted by molar-refractivity contribution is -0.00877.